The number of anilines is 1. The van der Waals surface area contributed by atoms with Gasteiger partial charge in [-0.1, -0.05) is 43.5 Å². The summed E-state index contributed by atoms with van der Waals surface area (Å²) in [6.45, 7) is 1.90. The monoisotopic (exact) mass is 547 g/mol. The lowest BCUT2D eigenvalue weighted by molar-refractivity contribution is -0.141. The minimum atomic E-state index is -3.64. The van der Waals surface area contributed by atoms with Crippen LogP contribution in [0.1, 0.15) is 57.4 Å². The predicted molar refractivity (Wildman–Crippen MR) is 146 cm³/mol. The SMILES string of the molecule is COc1ccccc1N(CCCC(=O)N(Cc1ccc(F)cc1)C(C)C(=O)NC1CCCCC1)S(C)(=O)=O. The average molecular weight is 548 g/mol. The molecule has 0 aliphatic heterocycles. The largest absolute Gasteiger partial charge is 0.495 e. The number of ether oxygens (including phenoxy) is 1. The fourth-order valence-corrected chi connectivity index (χ4v) is 5.72. The van der Waals surface area contributed by atoms with E-state index in [1.807, 2.05) is 0 Å². The fourth-order valence-electron chi connectivity index (χ4n) is 4.76. The first-order valence-corrected chi connectivity index (χ1v) is 14.9. The minimum absolute atomic E-state index is 0.0312. The summed E-state index contributed by atoms with van der Waals surface area (Å²) >= 11 is 0. The Morgan fingerprint density at radius 1 is 1.08 bits per heavy atom. The molecule has 0 radical (unpaired) electrons. The fraction of sp³-hybridized carbons (Fsp3) is 0.500. The number of nitrogens with zero attached hydrogens (tertiary/aromatic N) is 2. The van der Waals surface area contributed by atoms with Crippen LogP contribution in [0.25, 0.3) is 0 Å². The van der Waals surface area contributed by atoms with Gasteiger partial charge in [-0.15, -0.1) is 0 Å². The van der Waals surface area contributed by atoms with Crippen molar-refractivity contribution in [1.82, 2.24) is 10.2 Å². The highest BCUT2D eigenvalue weighted by Gasteiger charge is 2.28. The first-order chi connectivity index (χ1) is 18.1. The molecule has 0 bridgehead atoms. The Morgan fingerprint density at radius 3 is 2.37 bits per heavy atom. The van der Waals surface area contributed by atoms with E-state index in [0.717, 1.165) is 38.4 Å². The number of halogens is 1. The van der Waals surface area contributed by atoms with E-state index in [1.165, 1.54) is 28.4 Å². The van der Waals surface area contributed by atoms with Crippen LogP contribution >= 0.6 is 0 Å². The molecular formula is C28H38FN3O5S. The van der Waals surface area contributed by atoms with E-state index >= 15 is 0 Å². The molecule has 1 aliphatic rings. The number of carbonyl (C=O) groups is 2. The lowest BCUT2D eigenvalue weighted by Gasteiger charge is -2.31. The molecule has 1 atom stereocenters. The van der Waals surface area contributed by atoms with Crippen molar-refractivity contribution in [3.05, 3.63) is 59.9 Å². The molecule has 1 unspecified atom stereocenters. The number of rotatable bonds is 12. The van der Waals surface area contributed by atoms with Gasteiger partial charge in [-0.25, -0.2) is 12.8 Å². The van der Waals surface area contributed by atoms with E-state index in [0.29, 0.717) is 17.0 Å². The predicted octanol–water partition coefficient (Wildman–Crippen LogP) is 4.25. The summed E-state index contributed by atoms with van der Waals surface area (Å²) in [6.07, 6.45) is 6.53. The summed E-state index contributed by atoms with van der Waals surface area (Å²) in [5.74, 6) is -0.477. The second-order valence-corrected chi connectivity index (χ2v) is 11.7. The van der Waals surface area contributed by atoms with Gasteiger partial charge in [0.1, 0.15) is 17.6 Å². The summed E-state index contributed by atoms with van der Waals surface area (Å²) in [4.78, 5) is 28.0. The van der Waals surface area contributed by atoms with Crippen LogP contribution in [0.5, 0.6) is 5.75 Å². The molecule has 0 saturated heterocycles. The molecule has 1 aliphatic carbocycles. The molecule has 1 fully saturated rings. The van der Waals surface area contributed by atoms with Gasteiger partial charge in [-0.3, -0.25) is 13.9 Å². The third-order valence-electron chi connectivity index (χ3n) is 6.89. The Bertz CT molecular complexity index is 1180. The van der Waals surface area contributed by atoms with Gasteiger partial charge in [0.2, 0.25) is 21.8 Å². The van der Waals surface area contributed by atoms with Crippen molar-refractivity contribution in [3.8, 4) is 5.75 Å². The molecule has 0 heterocycles. The Balaban J connectivity index is 1.73. The first-order valence-electron chi connectivity index (χ1n) is 13.0. The zero-order chi connectivity index (χ0) is 27.7. The van der Waals surface area contributed by atoms with Gasteiger partial charge < -0.3 is 15.0 Å². The van der Waals surface area contributed by atoms with Gasteiger partial charge in [0.15, 0.2) is 0 Å². The normalized spacial score (nSPS) is 14.9. The molecule has 1 N–H and O–H groups in total. The van der Waals surface area contributed by atoms with Crippen molar-refractivity contribution < 1.29 is 27.1 Å². The molecule has 0 spiro atoms. The first kappa shape index (κ1) is 29.4. The molecule has 8 nitrogen and oxygen atoms in total. The number of hydrogen-bond acceptors (Lipinski definition) is 5. The van der Waals surface area contributed by atoms with Gasteiger partial charge in [0.25, 0.3) is 0 Å². The number of carbonyl (C=O) groups excluding carboxylic acids is 2. The quantitative estimate of drug-likeness (QED) is 0.429. The number of hydrogen-bond donors (Lipinski definition) is 1. The maximum Gasteiger partial charge on any atom is 0.242 e. The van der Waals surface area contributed by atoms with Crippen molar-refractivity contribution in [2.45, 2.75) is 70.5 Å². The van der Waals surface area contributed by atoms with Gasteiger partial charge in [-0.05, 0) is 56.0 Å². The maximum atomic E-state index is 13.5. The van der Waals surface area contributed by atoms with Crippen molar-refractivity contribution in [3.63, 3.8) is 0 Å². The van der Waals surface area contributed by atoms with E-state index in [4.69, 9.17) is 4.74 Å². The van der Waals surface area contributed by atoms with Crippen LogP contribution in [0.3, 0.4) is 0 Å². The number of methoxy groups -OCH3 is 1. The molecule has 38 heavy (non-hydrogen) atoms. The van der Waals surface area contributed by atoms with Crippen molar-refractivity contribution in [2.75, 3.05) is 24.2 Å². The summed E-state index contributed by atoms with van der Waals surface area (Å²) in [6, 6.07) is 12.0. The molecule has 0 aromatic heterocycles. The Kier molecular flexibility index (Phi) is 10.5. The number of amides is 2. The van der Waals surface area contributed by atoms with Gasteiger partial charge in [0.05, 0.1) is 19.1 Å². The maximum absolute atomic E-state index is 13.5. The third-order valence-corrected chi connectivity index (χ3v) is 8.07. The highest BCUT2D eigenvalue weighted by molar-refractivity contribution is 7.92. The Hall–Kier alpha value is -3.14. The molecule has 2 aromatic carbocycles. The van der Waals surface area contributed by atoms with Crippen LogP contribution in [0.4, 0.5) is 10.1 Å². The summed E-state index contributed by atoms with van der Waals surface area (Å²) in [5.41, 5.74) is 1.09. The molecule has 208 valence electrons. The van der Waals surface area contributed by atoms with E-state index in [2.05, 4.69) is 5.32 Å². The second kappa shape index (κ2) is 13.6. The van der Waals surface area contributed by atoms with Crippen molar-refractivity contribution >= 4 is 27.5 Å². The zero-order valence-corrected chi connectivity index (χ0v) is 23.2. The van der Waals surface area contributed by atoms with E-state index in [9.17, 15) is 22.4 Å². The van der Waals surface area contributed by atoms with Crippen LogP contribution in [0, 0.1) is 5.82 Å². The number of para-hydroxylation sites is 2. The third kappa shape index (κ3) is 8.18. The van der Waals surface area contributed by atoms with Crippen LogP contribution < -0.4 is 14.4 Å². The van der Waals surface area contributed by atoms with Gasteiger partial charge >= 0.3 is 0 Å². The number of benzene rings is 2. The summed E-state index contributed by atoms with van der Waals surface area (Å²) in [5, 5.41) is 3.08. The molecule has 10 heteroatoms. The van der Waals surface area contributed by atoms with E-state index in [1.54, 1.807) is 43.3 Å². The zero-order valence-electron chi connectivity index (χ0n) is 22.4. The van der Waals surface area contributed by atoms with E-state index < -0.39 is 16.1 Å². The van der Waals surface area contributed by atoms with Crippen LogP contribution in [-0.4, -0.2) is 57.1 Å². The molecule has 3 rings (SSSR count). The molecule has 2 amide bonds. The van der Waals surface area contributed by atoms with Gasteiger partial charge in [-0.2, -0.15) is 0 Å². The second-order valence-electron chi connectivity index (χ2n) is 9.78. The summed E-state index contributed by atoms with van der Waals surface area (Å²) < 4.78 is 45.1. The average Bonchev–Trinajstić information content (AvgIpc) is 2.90. The van der Waals surface area contributed by atoms with E-state index in [-0.39, 0.29) is 49.6 Å². The number of sulfonamides is 1. The van der Waals surface area contributed by atoms with Crippen molar-refractivity contribution in [1.29, 1.82) is 0 Å². The molecular weight excluding hydrogens is 509 g/mol. The van der Waals surface area contributed by atoms with Crippen LogP contribution in [-0.2, 0) is 26.2 Å². The standard InChI is InChI=1S/C28H38FN3O5S/c1-21(28(34)30-24-10-5-4-6-11-24)31(20-22-15-17-23(29)18-16-22)27(33)14-9-19-32(38(3,35)36)25-12-7-8-13-26(25)37-2/h7-8,12-13,15-18,21,24H,4-6,9-11,14,19-20H2,1-3H3,(H,30,34). The molecule has 1 saturated carbocycles. The lowest BCUT2D eigenvalue weighted by atomic mass is 9.95. The van der Waals surface area contributed by atoms with Crippen LogP contribution in [0.15, 0.2) is 48.5 Å². The Morgan fingerprint density at radius 2 is 1.74 bits per heavy atom. The topological polar surface area (TPSA) is 96.0 Å². The Labute approximate surface area is 225 Å². The smallest absolute Gasteiger partial charge is 0.242 e. The molecule has 2 aromatic rings. The highest BCUT2D eigenvalue weighted by Crippen LogP contribution is 2.30. The van der Waals surface area contributed by atoms with Crippen LogP contribution in [0.2, 0.25) is 0 Å². The lowest BCUT2D eigenvalue weighted by Crippen LogP contribution is -2.50. The van der Waals surface area contributed by atoms with Crippen molar-refractivity contribution in [2.24, 2.45) is 0 Å². The van der Waals surface area contributed by atoms with Gasteiger partial charge in [0, 0.05) is 25.6 Å². The number of nitrogens with one attached hydrogen (secondary N) is 1. The highest BCUT2D eigenvalue weighted by atomic mass is 32.2. The summed E-state index contributed by atoms with van der Waals surface area (Å²) in [7, 11) is -2.17. The minimum Gasteiger partial charge on any atom is -0.495 e.